The molecule has 4 aromatic rings. The first kappa shape index (κ1) is 36.3. The van der Waals surface area contributed by atoms with Crippen molar-refractivity contribution in [3.05, 3.63) is 98.1 Å². The third-order valence-electron chi connectivity index (χ3n) is 11.1. The fourth-order valence-electron chi connectivity index (χ4n) is 7.92. The van der Waals surface area contributed by atoms with Gasteiger partial charge in [0.25, 0.3) is 6.54 Å². The van der Waals surface area contributed by atoms with E-state index in [2.05, 4.69) is 106 Å². The van der Waals surface area contributed by atoms with Gasteiger partial charge in [-0.15, -0.1) is 0 Å². The number of aliphatic hydroxyl groups excluding tert-OH is 1. The molecular weight excluding hydrogens is 633 g/mol. The molecule has 2 aliphatic rings. The second-order valence-electron chi connectivity index (χ2n) is 15.0. The van der Waals surface area contributed by atoms with Crippen molar-refractivity contribution in [3.8, 4) is 22.3 Å². The summed E-state index contributed by atoms with van der Waals surface area (Å²) < 4.78 is 8.41. The number of pyridine rings is 4. The van der Waals surface area contributed by atoms with E-state index in [4.69, 9.17) is 0 Å². The van der Waals surface area contributed by atoms with Gasteiger partial charge in [0.05, 0.1) is 6.42 Å². The molecule has 268 valence electrons. The Kier molecular flexibility index (Phi) is 12.9. The molecule has 0 aliphatic heterocycles. The zero-order valence-electron chi connectivity index (χ0n) is 30.7. The Morgan fingerprint density at radius 1 is 0.627 bits per heavy atom. The number of aryl methyl sites for hydroxylation is 2. The molecule has 0 amide bonds. The number of hydrogen-bond donors (Lipinski definition) is 2. The van der Waals surface area contributed by atoms with Gasteiger partial charge in [-0.3, -0.25) is 4.99 Å². The summed E-state index contributed by atoms with van der Waals surface area (Å²) in [6.45, 7) is 6.92. The molecule has 4 aromatic heterocycles. The quantitative estimate of drug-likeness (QED) is 0.119. The molecule has 2 saturated carbocycles. The SMILES string of the molecule is CC(N=C([O-])C[n+]1ccc(-c2cc[n+](CCC[n+]3ccc(-c4cc[n+](CC(O)=[NH+]C(C)C5CCCCC5)cc4)cc3)cc2)cc1)C1CCCCC1. The van der Waals surface area contributed by atoms with Crippen molar-refractivity contribution in [3.63, 3.8) is 0 Å². The van der Waals surface area contributed by atoms with Gasteiger partial charge in [0.1, 0.15) is 0 Å². The molecule has 51 heavy (non-hydrogen) atoms. The third-order valence-corrected chi connectivity index (χ3v) is 11.1. The molecule has 2 aliphatic carbocycles. The van der Waals surface area contributed by atoms with Crippen LogP contribution in [0.4, 0.5) is 0 Å². The Morgan fingerprint density at radius 3 is 1.47 bits per heavy atom. The fourth-order valence-corrected chi connectivity index (χ4v) is 7.92. The van der Waals surface area contributed by atoms with Crippen molar-refractivity contribution in [2.75, 3.05) is 0 Å². The zero-order chi connectivity index (χ0) is 35.4. The molecule has 0 aromatic carbocycles. The summed E-state index contributed by atoms with van der Waals surface area (Å²) in [5.74, 6) is 1.51. The summed E-state index contributed by atoms with van der Waals surface area (Å²) in [5.41, 5.74) is 4.63. The van der Waals surface area contributed by atoms with E-state index in [0.717, 1.165) is 36.2 Å². The van der Waals surface area contributed by atoms with Gasteiger partial charge in [0.2, 0.25) is 0 Å². The summed E-state index contributed by atoms with van der Waals surface area (Å²) in [4.78, 5) is 7.84. The van der Waals surface area contributed by atoms with Gasteiger partial charge < -0.3 is 10.2 Å². The van der Waals surface area contributed by atoms with E-state index < -0.39 is 0 Å². The Balaban J connectivity index is 0.933. The van der Waals surface area contributed by atoms with Gasteiger partial charge in [0, 0.05) is 66.4 Å². The van der Waals surface area contributed by atoms with E-state index in [1.807, 2.05) is 33.9 Å². The molecule has 2 N–H and O–H groups in total. The maximum atomic E-state index is 12.6. The predicted molar refractivity (Wildman–Crippen MR) is 197 cm³/mol. The second kappa shape index (κ2) is 18.2. The Labute approximate surface area is 304 Å². The number of aromatic nitrogens is 4. The lowest BCUT2D eigenvalue weighted by atomic mass is 9.85. The molecule has 2 atom stereocenters. The van der Waals surface area contributed by atoms with Crippen molar-refractivity contribution in [1.29, 1.82) is 0 Å². The number of hydrogen-bond acceptors (Lipinski definition) is 2. The minimum atomic E-state index is -0.0377. The lowest BCUT2D eigenvalue weighted by molar-refractivity contribution is -0.726. The summed E-state index contributed by atoms with van der Waals surface area (Å²) in [6, 6.07) is 17.5. The summed E-state index contributed by atoms with van der Waals surface area (Å²) in [7, 11) is 0. The highest BCUT2D eigenvalue weighted by atomic mass is 16.3. The smallest absolute Gasteiger partial charge is 0.400 e. The molecule has 2 fully saturated rings. The predicted octanol–water partition coefficient (Wildman–Crippen LogP) is 3.99. The fraction of sp³-hybridized carbons (Fsp3) is 0.488. The first-order valence-corrected chi connectivity index (χ1v) is 19.4. The average Bonchev–Trinajstić information content (AvgIpc) is 3.16. The van der Waals surface area contributed by atoms with Crippen LogP contribution >= 0.6 is 0 Å². The summed E-state index contributed by atoms with van der Waals surface area (Å²) in [6.07, 6.45) is 30.4. The molecular formula is C43H58N6O2+4. The number of nitrogens with zero attached hydrogens (tertiary/aromatic N) is 5. The van der Waals surface area contributed by atoms with Gasteiger partial charge in [-0.25, -0.2) is 18.7 Å². The average molecular weight is 691 g/mol. The number of aliphatic hydroxyl groups is 1. The normalized spacial score (nSPS) is 17.7. The lowest BCUT2D eigenvalue weighted by Crippen LogP contribution is -2.82. The van der Waals surface area contributed by atoms with Crippen molar-refractivity contribution in [2.24, 2.45) is 16.8 Å². The Hall–Kier alpha value is -4.46. The Bertz CT molecular complexity index is 1580. The van der Waals surface area contributed by atoms with Crippen LogP contribution in [0.2, 0.25) is 0 Å². The molecule has 0 saturated heterocycles. The van der Waals surface area contributed by atoms with E-state index >= 15 is 0 Å². The van der Waals surface area contributed by atoms with E-state index in [0.29, 0.717) is 36.9 Å². The number of aliphatic imine (C=N–C) groups is 1. The van der Waals surface area contributed by atoms with Crippen LogP contribution in [0.15, 0.2) is 103 Å². The van der Waals surface area contributed by atoms with Crippen molar-refractivity contribution < 1.29 is 33.5 Å². The summed E-state index contributed by atoms with van der Waals surface area (Å²) >= 11 is 0. The maximum absolute atomic E-state index is 12.6. The first-order valence-electron chi connectivity index (χ1n) is 19.4. The van der Waals surface area contributed by atoms with Gasteiger partial charge in [-0.1, -0.05) is 38.5 Å². The van der Waals surface area contributed by atoms with Crippen LogP contribution in [0.1, 0.15) is 84.5 Å². The van der Waals surface area contributed by atoms with Crippen molar-refractivity contribution in [2.45, 2.75) is 123 Å². The zero-order valence-corrected chi connectivity index (χ0v) is 30.7. The Morgan fingerprint density at radius 2 is 1.02 bits per heavy atom. The van der Waals surface area contributed by atoms with Crippen molar-refractivity contribution >= 4 is 11.8 Å². The van der Waals surface area contributed by atoms with Gasteiger partial charge in [-0.2, -0.15) is 4.57 Å². The molecule has 8 nitrogen and oxygen atoms in total. The highest BCUT2D eigenvalue weighted by Gasteiger charge is 2.25. The van der Waals surface area contributed by atoms with Crippen LogP contribution < -0.4 is 28.4 Å². The van der Waals surface area contributed by atoms with E-state index in [1.54, 1.807) is 0 Å². The molecule has 4 heterocycles. The molecule has 0 radical (unpaired) electrons. The van der Waals surface area contributed by atoms with E-state index in [9.17, 15) is 10.2 Å². The molecule has 0 spiro atoms. The van der Waals surface area contributed by atoms with Gasteiger partial charge in [0.15, 0.2) is 75.3 Å². The van der Waals surface area contributed by atoms with Crippen LogP contribution in [0.3, 0.4) is 0 Å². The topological polar surface area (TPSA) is 85.1 Å². The number of nitrogens with one attached hydrogen (secondary N) is 1. The summed E-state index contributed by atoms with van der Waals surface area (Å²) in [5, 5.41) is 23.2. The standard InChI is InChI=1S/C43H56N6O2/c1-34(36-10-5-3-6-11-36)44-42(50)32-48-28-18-40(19-29-48)38-14-24-46(25-15-38)22-9-23-47-26-16-39(17-27-47)41-20-30-49(31-21-41)33-43(51)45-35(2)37-12-7-4-8-13-37/h14-21,24-31,34-37H,3-13,22-23,32-33H2,1-2H3/q+2/p+2. The monoisotopic (exact) mass is 690 g/mol. The largest absolute Gasteiger partial charge is 0.858 e. The highest BCUT2D eigenvalue weighted by Crippen LogP contribution is 2.28. The maximum Gasteiger partial charge on any atom is 0.400 e. The van der Waals surface area contributed by atoms with Crippen LogP contribution in [0, 0.1) is 11.8 Å². The minimum Gasteiger partial charge on any atom is -0.858 e. The minimum absolute atomic E-state index is 0.0377. The van der Waals surface area contributed by atoms with Crippen molar-refractivity contribution in [1.82, 2.24) is 0 Å². The highest BCUT2D eigenvalue weighted by molar-refractivity contribution is 5.70. The van der Waals surface area contributed by atoms with E-state index in [-0.39, 0.29) is 11.9 Å². The van der Waals surface area contributed by atoms with Crippen LogP contribution in [-0.2, 0) is 26.2 Å². The molecule has 6 rings (SSSR count). The first-order chi connectivity index (χ1) is 24.9. The molecule has 0 bridgehead atoms. The van der Waals surface area contributed by atoms with Gasteiger partial charge >= 0.3 is 5.90 Å². The second-order valence-corrected chi connectivity index (χ2v) is 15.0. The van der Waals surface area contributed by atoms with E-state index in [1.165, 1.54) is 69.8 Å². The van der Waals surface area contributed by atoms with Crippen LogP contribution in [-0.4, -0.2) is 29.0 Å². The lowest BCUT2D eigenvalue weighted by Gasteiger charge is -2.26. The van der Waals surface area contributed by atoms with Crippen LogP contribution in [0.5, 0.6) is 0 Å². The molecule has 2 unspecified atom stereocenters. The van der Waals surface area contributed by atoms with Gasteiger partial charge in [-0.05, 0) is 67.7 Å². The third kappa shape index (κ3) is 10.8. The molecule has 8 heteroatoms. The number of rotatable bonds is 14. The van der Waals surface area contributed by atoms with Crippen LogP contribution in [0.25, 0.3) is 22.3 Å².